The third kappa shape index (κ3) is 1.94. The van der Waals surface area contributed by atoms with Crippen LogP contribution in [-0.2, 0) is 6.42 Å². The summed E-state index contributed by atoms with van der Waals surface area (Å²) in [5.41, 5.74) is 2.48. The van der Waals surface area contributed by atoms with Crippen LogP contribution in [0.25, 0.3) is 11.4 Å². The zero-order valence-corrected chi connectivity index (χ0v) is 12.2. The molecule has 1 aromatic heterocycles. The molecule has 2 heterocycles. The van der Waals surface area contributed by atoms with Gasteiger partial charge in [-0.3, -0.25) is 0 Å². The van der Waals surface area contributed by atoms with Gasteiger partial charge in [0, 0.05) is 6.42 Å². The molecule has 0 aliphatic carbocycles. The predicted molar refractivity (Wildman–Crippen MR) is 83.1 cm³/mol. The highest BCUT2D eigenvalue weighted by Crippen LogP contribution is 2.28. The summed E-state index contributed by atoms with van der Waals surface area (Å²) in [6, 6.07) is 15.5. The standard InChI is InChI=1S/C17H15N3O2/c1-12-7-8-15-14(11-12)20-16(9-10-22-15)18-17(21)19(20)13-5-3-2-4-6-13/h2-8,11H,9-10H2,1H3. The van der Waals surface area contributed by atoms with E-state index in [0.717, 1.165) is 28.5 Å². The van der Waals surface area contributed by atoms with E-state index in [4.69, 9.17) is 4.74 Å². The van der Waals surface area contributed by atoms with E-state index in [1.807, 2.05) is 60.1 Å². The molecule has 5 heteroatoms. The average molecular weight is 293 g/mol. The Balaban J connectivity index is 2.06. The van der Waals surface area contributed by atoms with E-state index in [-0.39, 0.29) is 5.69 Å². The maximum absolute atomic E-state index is 12.4. The van der Waals surface area contributed by atoms with Gasteiger partial charge in [-0.2, -0.15) is 9.67 Å². The van der Waals surface area contributed by atoms with Gasteiger partial charge < -0.3 is 4.74 Å². The Bertz CT molecular complexity index is 894. The molecular weight excluding hydrogens is 278 g/mol. The van der Waals surface area contributed by atoms with E-state index in [1.165, 1.54) is 0 Å². The van der Waals surface area contributed by atoms with Crippen LogP contribution < -0.4 is 10.4 Å². The van der Waals surface area contributed by atoms with Gasteiger partial charge in [-0.05, 0) is 36.8 Å². The zero-order chi connectivity index (χ0) is 15.1. The Kier molecular flexibility index (Phi) is 2.85. The van der Waals surface area contributed by atoms with E-state index in [1.54, 1.807) is 4.68 Å². The topological polar surface area (TPSA) is 49.0 Å². The van der Waals surface area contributed by atoms with Crippen molar-refractivity contribution in [2.24, 2.45) is 0 Å². The van der Waals surface area contributed by atoms with E-state index in [0.29, 0.717) is 13.0 Å². The van der Waals surface area contributed by atoms with Crippen LogP contribution in [0.1, 0.15) is 11.4 Å². The first-order valence-electron chi connectivity index (χ1n) is 7.24. The molecule has 110 valence electrons. The number of fused-ring (bicyclic) bond motifs is 3. The normalized spacial score (nSPS) is 13.0. The van der Waals surface area contributed by atoms with Gasteiger partial charge in [0.25, 0.3) is 0 Å². The number of nitrogens with zero attached hydrogens (tertiary/aromatic N) is 3. The van der Waals surface area contributed by atoms with Crippen LogP contribution in [0, 0.1) is 6.92 Å². The van der Waals surface area contributed by atoms with Crippen molar-refractivity contribution in [3.63, 3.8) is 0 Å². The minimum Gasteiger partial charge on any atom is -0.491 e. The molecule has 0 atom stereocenters. The molecule has 0 N–H and O–H groups in total. The molecule has 1 aliphatic heterocycles. The molecule has 0 amide bonds. The molecule has 0 spiro atoms. The van der Waals surface area contributed by atoms with Crippen molar-refractivity contribution in [3.05, 3.63) is 70.4 Å². The summed E-state index contributed by atoms with van der Waals surface area (Å²) in [6.07, 6.45) is 0.600. The maximum atomic E-state index is 12.4. The fourth-order valence-electron chi connectivity index (χ4n) is 2.78. The summed E-state index contributed by atoms with van der Waals surface area (Å²) in [6.45, 7) is 2.54. The van der Waals surface area contributed by atoms with Gasteiger partial charge in [-0.1, -0.05) is 24.3 Å². The second kappa shape index (κ2) is 4.87. The number of para-hydroxylation sites is 1. The minimum absolute atomic E-state index is 0.268. The number of rotatable bonds is 1. The van der Waals surface area contributed by atoms with Crippen molar-refractivity contribution in [2.45, 2.75) is 13.3 Å². The first-order chi connectivity index (χ1) is 10.7. The van der Waals surface area contributed by atoms with Gasteiger partial charge in [-0.25, -0.2) is 9.48 Å². The number of aromatic nitrogens is 3. The van der Waals surface area contributed by atoms with Gasteiger partial charge >= 0.3 is 5.69 Å². The Morgan fingerprint density at radius 3 is 2.73 bits per heavy atom. The van der Waals surface area contributed by atoms with E-state index in [2.05, 4.69) is 4.98 Å². The predicted octanol–water partition coefficient (Wildman–Crippen LogP) is 2.27. The molecule has 0 saturated carbocycles. The summed E-state index contributed by atoms with van der Waals surface area (Å²) in [7, 11) is 0. The Labute approximate surface area is 127 Å². The Hall–Kier alpha value is -2.82. The van der Waals surface area contributed by atoms with Crippen molar-refractivity contribution in [1.82, 2.24) is 14.3 Å². The largest absolute Gasteiger partial charge is 0.491 e. The van der Waals surface area contributed by atoms with Gasteiger partial charge in [0.2, 0.25) is 0 Å². The second-order valence-electron chi connectivity index (χ2n) is 5.34. The molecular formula is C17H15N3O2. The Morgan fingerprint density at radius 2 is 1.91 bits per heavy atom. The molecule has 0 radical (unpaired) electrons. The Morgan fingerprint density at radius 1 is 1.09 bits per heavy atom. The number of aryl methyl sites for hydroxylation is 1. The van der Waals surface area contributed by atoms with Crippen LogP contribution in [0.5, 0.6) is 5.75 Å². The summed E-state index contributed by atoms with van der Waals surface area (Å²) < 4.78 is 9.27. The van der Waals surface area contributed by atoms with Crippen molar-refractivity contribution in [1.29, 1.82) is 0 Å². The summed E-state index contributed by atoms with van der Waals surface area (Å²) in [4.78, 5) is 16.6. The summed E-state index contributed by atoms with van der Waals surface area (Å²) >= 11 is 0. The molecule has 22 heavy (non-hydrogen) atoms. The molecule has 0 fully saturated rings. The molecule has 4 rings (SSSR count). The molecule has 5 nitrogen and oxygen atoms in total. The van der Waals surface area contributed by atoms with Crippen LogP contribution in [0.2, 0.25) is 0 Å². The number of hydrogen-bond donors (Lipinski definition) is 0. The number of benzene rings is 2. The van der Waals surface area contributed by atoms with E-state index < -0.39 is 0 Å². The first kappa shape index (κ1) is 12.9. The fourth-order valence-corrected chi connectivity index (χ4v) is 2.78. The molecule has 0 bridgehead atoms. The lowest BCUT2D eigenvalue weighted by atomic mass is 10.2. The fraction of sp³-hybridized carbons (Fsp3) is 0.176. The van der Waals surface area contributed by atoms with Crippen LogP contribution in [0.4, 0.5) is 0 Å². The zero-order valence-electron chi connectivity index (χ0n) is 12.2. The lowest BCUT2D eigenvalue weighted by Gasteiger charge is -2.14. The highest BCUT2D eigenvalue weighted by molar-refractivity contribution is 5.50. The molecule has 0 unspecified atom stereocenters. The van der Waals surface area contributed by atoms with Crippen LogP contribution >= 0.6 is 0 Å². The summed E-state index contributed by atoms with van der Waals surface area (Å²) in [5.74, 6) is 1.49. The smallest absolute Gasteiger partial charge is 0.369 e. The van der Waals surface area contributed by atoms with Gasteiger partial charge in [0.05, 0.1) is 12.3 Å². The highest BCUT2D eigenvalue weighted by atomic mass is 16.5. The average Bonchev–Trinajstić information content (AvgIpc) is 2.76. The molecule has 2 aromatic carbocycles. The lowest BCUT2D eigenvalue weighted by Crippen LogP contribution is -2.21. The van der Waals surface area contributed by atoms with E-state index >= 15 is 0 Å². The van der Waals surface area contributed by atoms with Crippen LogP contribution in [0.15, 0.2) is 53.3 Å². The van der Waals surface area contributed by atoms with Crippen molar-refractivity contribution in [2.75, 3.05) is 6.61 Å². The third-order valence-corrected chi connectivity index (χ3v) is 3.78. The molecule has 1 aliphatic rings. The van der Waals surface area contributed by atoms with Crippen LogP contribution in [-0.4, -0.2) is 21.0 Å². The number of ether oxygens (including phenoxy) is 1. The van der Waals surface area contributed by atoms with Gasteiger partial charge in [0.1, 0.15) is 17.3 Å². The summed E-state index contributed by atoms with van der Waals surface area (Å²) in [5, 5.41) is 0. The monoisotopic (exact) mass is 293 g/mol. The van der Waals surface area contributed by atoms with Gasteiger partial charge in [0.15, 0.2) is 0 Å². The maximum Gasteiger partial charge on any atom is 0.369 e. The minimum atomic E-state index is -0.268. The highest BCUT2D eigenvalue weighted by Gasteiger charge is 2.22. The van der Waals surface area contributed by atoms with Crippen molar-refractivity contribution in [3.8, 4) is 17.1 Å². The van der Waals surface area contributed by atoms with Crippen molar-refractivity contribution < 1.29 is 4.74 Å². The van der Waals surface area contributed by atoms with Crippen molar-refractivity contribution >= 4 is 0 Å². The van der Waals surface area contributed by atoms with Crippen LogP contribution in [0.3, 0.4) is 0 Å². The quantitative estimate of drug-likeness (QED) is 0.691. The SMILES string of the molecule is Cc1ccc2c(c1)-n1c(nc(=O)n1-c1ccccc1)CCO2. The molecule has 0 saturated heterocycles. The van der Waals surface area contributed by atoms with E-state index in [9.17, 15) is 4.79 Å². The van der Waals surface area contributed by atoms with Gasteiger partial charge in [-0.15, -0.1) is 0 Å². The molecule has 3 aromatic rings. The number of hydrogen-bond acceptors (Lipinski definition) is 3. The third-order valence-electron chi connectivity index (χ3n) is 3.78. The lowest BCUT2D eigenvalue weighted by molar-refractivity contribution is 0.325. The second-order valence-corrected chi connectivity index (χ2v) is 5.34. The first-order valence-corrected chi connectivity index (χ1v) is 7.24.